The van der Waals surface area contributed by atoms with E-state index in [2.05, 4.69) is 0 Å². The molecule has 0 heterocycles. The van der Waals surface area contributed by atoms with Gasteiger partial charge >= 0.3 is 0 Å². The van der Waals surface area contributed by atoms with Crippen molar-refractivity contribution in [2.24, 2.45) is 11.8 Å². The molecule has 1 unspecified atom stereocenters. The van der Waals surface area contributed by atoms with Gasteiger partial charge in [0.05, 0.1) is 12.2 Å². The lowest BCUT2D eigenvalue weighted by Crippen LogP contribution is -2.27. The van der Waals surface area contributed by atoms with E-state index >= 15 is 0 Å². The van der Waals surface area contributed by atoms with Gasteiger partial charge in [0.25, 0.3) is 0 Å². The maximum Gasteiger partial charge on any atom is 0.0750 e. The van der Waals surface area contributed by atoms with Crippen LogP contribution in [0.2, 0.25) is 0 Å². The minimum Gasteiger partial charge on any atom is -0.393 e. The minimum atomic E-state index is -0.414. The molecule has 0 aliphatic heterocycles. The Kier molecular flexibility index (Phi) is 6.05. The van der Waals surface area contributed by atoms with E-state index in [1.807, 2.05) is 40.7 Å². The summed E-state index contributed by atoms with van der Waals surface area (Å²) in [6.45, 7) is 9.81. The van der Waals surface area contributed by atoms with Crippen LogP contribution in [0.1, 0.15) is 41.0 Å². The van der Waals surface area contributed by atoms with Crippen LogP contribution in [-0.4, -0.2) is 22.4 Å². The second-order valence-corrected chi connectivity index (χ2v) is 4.50. The molecular weight excluding hydrogens is 176 g/mol. The van der Waals surface area contributed by atoms with Crippen molar-refractivity contribution in [2.45, 2.75) is 53.2 Å². The van der Waals surface area contributed by atoms with Crippen LogP contribution in [-0.2, 0) is 0 Å². The smallest absolute Gasteiger partial charge is 0.0750 e. The van der Waals surface area contributed by atoms with Gasteiger partial charge in [-0.3, -0.25) is 0 Å². The molecule has 0 spiro atoms. The Balaban J connectivity index is 4.12. The first-order chi connectivity index (χ1) is 6.40. The molecule has 2 heteroatoms. The van der Waals surface area contributed by atoms with E-state index in [4.69, 9.17) is 0 Å². The summed E-state index contributed by atoms with van der Waals surface area (Å²) in [5, 5.41) is 19.5. The van der Waals surface area contributed by atoms with Gasteiger partial charge in [0.2, 0.25) is 0 Å². The lowest BCUT2D eigenvalue weighted by Gasteiger charge is -2.24. The van der Waals surface area contributed by atoms with Gasteiger partial charge in [-0.2, -0.15) is 0 Å². The molecule has 0 aliphatic rings. The van der Waals surface area contributed by atoms with Gasteiger partial charge < -0.3 is 10.2 Å². The second kappa shape index (κ2) is 6.20. The Bertz CT molecular complexity index is 185. The fourth-order valence-electron chi connectivity index (χ4n) is 1.53. The van der Waals surface area contributed by atoms with Gasteiger partial charge in [0, 0.05) is 0 Å². The largest absolute Gasteiger partial charge is 0.393 e. The molecule has 0 aromatic carbocycles. The van der Waals surface area contributed by atoms with Crippen molar-refractivity contribution in [3.05, 3.63) is 11.6 Å². The summed E-state index contributed by atoms with van der Waals surface area (Å²) >= 11 is 0. The molecule has 0 saturated carbocycles. The highest BCUT2D eigenvalue weighted by molar-refractivity contribution is 5.03. The zero-order valence-corrected chi connectivity index (χ0v) is 9.99. The SMILES string of the molecule is CC=C(C)C(O)C[C@@H](C)[C@@H](O)C(C)C. The maximum absolute atomic E-state index is 9.77. The summed E-state index contributed by atoms with van der Waals surface area (Å²) < 4.78 is 0. The van der Waals surface area contributed by atoms with E-state index in [0.717, 1.165) is 5.57 Å². The van der Waals surface area contributed by atoms with Gasteiger partial charge in [-0.15, -0.1) is 0 Å². The normalized spacial score (nSPS) is 19.6. The Hall–Kier alpha value is -0.340. The summed E-state index contributed by atoms with van der Waals surface area (Å²) in [5.41, 5.74) is 0.979. The van der Waals surface area contributed by atoms with Crippen LogP contribution in [0.15, 0.2) is 11.6 Å². The van der Waals surface area contributed by atoms with Gasteiger partial charge in [-0.1, -0.05) is 26.8 Å². The zero-order chi connectivity index (χ0) is 11.3. The van der Waals surface area contributed by atoms with Crippen LogP contribution in [0, 0.1) is 11.8 Å². The van der Waals surface area contributed by atoms with Crippen molar-refractivity contribution >= 4 is 0 Å². The van der Waals surface area contributed by atoms with Gasteiger partial charge in [0.15, 0.2) is 0 Å². The maximum atomic E-state index is 9.77. The van der Waals surface area contributed by atoms with Gasteiger partial charge in [-0.05, 0) is 37.7 Å². The van der Waals surface area contributed by atoms with Crippen LogP contribution >= 0.6 is 0 Å². The molecule has 0 aromatic heterocycles. The lowest BCUT2D eigenvalue weighted by atomic mass is 9.89. The average molecular weight is 200 g/mol. The molecule has 2 nitrogen and oxygen atoms in total. The molecule has 14 heavy (non-hydrogen) atoms. The Morgan fingerprint density at radius 1 is 1.21 bits per heavy atom. The second-order valence-electron chi connectivity index (χ2n) is 4.50. The molecule has 0 radical (unpaired) electrons. The quantitative estimate of drug-likeness (QED) is 0.669. The lowest BCUT2D eigenvalue weighted by molar-refractivity contribution is 0.0477. The third-order valence-electron chi connectivity index (χ3n) is 2.84. The highest BCUT2D eigenvalue weighted by atomic mass is 16.3. The minimum absolute atomic E-state index is 0.139. The van der Waals surface area contributed by atoms with E-state index in [0.29, 0.717) is 6.42 Å². The van der Waals surface area contributed by atoms with E-state index in [9.17, 15) is 10.2 Å². The summed E-state index contributed by atoms with van der Waals surface area (Å²) in [7, 11) is 0. The third kappa shape index (κ3) is 4.25. The predicted octanol–water partition coefficient (Wildman–Crippen LogP) is 2.36. The topological polar surface area (TPSA) is 40.5 Å². The van der Waals surface area contributed by atoms with Crippen molar-refractivity contribution in [3.8, 4) is 0 Å². The number of aliphatic hydroxyl groups excluding tert-OH is 2. The average Bonchev–Trinajstić information content (AvgIpc) is 2.14. The summed E-state index contributed by atoms with van der Waals surface area (Å²) in [4.78, 5) is 0. The van der Waals surface area contributed by atoms with Crippen LogP contribution < -0.4 is 0 Å². The number of hydrogen-bond acceptors (Lipinski definition) is 2. The summed E-state index contributed by atoms with van der Waals surface area (Å²) in [6, 6.07) is 0. The summed E-state index contributed by atoms with van der Waals surface area (Å²) in [6.07, 6.45) is 1.81. The molecule has 0 amide bonds. The fraction of sp³-hybridized carbons (Fsp3) is 0.833. The Morgan fingerprint density at radius 2 is 1.71 bits per heavy atom. The van der Waals surface area contributed by atoms with E-state index in [1.165, 1.54) is 0 Å². The van der Waals surface area contributed by atoms with Crippen LogP contribution in [0.4, 0.5) is 0 Å². The fourth-order valence-corrected chi connectivity index (χ4v) is 1.53. The first-order valence-corrected chi connectivity index (χ1v) is 5.39. The Morgan fingerprint density at radius 3 is 2.07 bits per heavy atom. The van der Waals surface area contributed by atoms with E-state index < -0.39 is 6.10 Å². The van der Waals surface area contributed by atoms with E-state index in [1.54, 1.807) is 0 Å². The highest BCUT2D eigenvalue weighted by Gasteiger charge is 2.21. The Labute approximate surface area is 87.7 Å². The first-order valence-electron chi connectivity index (χ1n) is 5.39. The third-order valence-corrected chi connectivity index (χ3v) is 2.84. The van der Waals surface area contributed by atoms with E-state index in [-0.39, 0.29) is 17.9 Å². The van der Waals surface area contributed by atoms with Crippen molar-refractivity contribution < 1.29 is 10.2 Å². The molecule has 0 fully saturated rings. The molecule has 3 atom stereocenters. The highest BCUT2D eigenvalue weighted by Crippen LogP contribution is 2.20. The van der Waals surface area contributed by atoms with Crippen LogP contribution in [0.25, 0.3) is 0 Å². The monoisotopic (exact) mass is 200 g/mol. The number of hydrogen-bond donors (Lipinski definition) is 2. The molecule has 0 saturated heterocycles. The van der Waals surface area contributed by atoms with Crippen molar-refractivity contribution in [1.82, 2.24) is 0 Å². The molecule has 2 N–H and O–H groups in total. The molecule has 0 bridgehead atoms. The van der Waals surface area contributed by atoms with Crippen molar-refractivity contribution in [1.29, 1.82) is 0 Å². The molecule has 84 valence electrons. The van der Waals surface area contributed by atoms with Crippen LogP contribution in [0.3, 0.4) is 0 Å². The molecule has 0 aromatic rings. The summed E-state index contributed by atoms with van der Waals surface area (Å²) in [5.74, 6) is 0.392. The number of aliphatic hydroxyl groups is 2. The number of rotatable bonds is 5. The first kappa shape index (κ1) is 13.7. The number of allylic oxidation sites excluding steroid dienone is 1. The standard InChI is InChI=1S/C12H24O2/c1-6-9(4)11(13)7-10(5)12(14)8(2)3/h6,8,10-14H,7H2,1-5H3/t10-,11?,12+/m1/s1. The van der Waals surface area contributed by atoms with Gasteiger partial charge in [0.1, 0.15) is 0 Å². The molecular formula is C12H24O2. The van der Waals surface area contributed by atoms with Crippen molar-refractivity contribution in [3.63, 3.8) is 0 Å². The van der Waals surface area contributed by atoms with Crippen molar-refractivity contribution in [2.75, 3.05) is 0 Å². The molecule has 0 aliphatic carbocycles. The molecule has 0 rings (SSSR count). The predicted molar refractivity (Wildman–Crippen MR) is 60.1 cm³/mol. The van der Waals surface area contributed by atoms with Gasteiger partial charge in [-0.25, -0.2) is 0 Å². The van der Waals surface area contributed by atoms with Crippen LogP contribution in [0.5, 0.6) is 0 Å². The zero-order valence-electron chi connectivity index (χ0n) is 9.99.